The number of carbonyl (C=O) groups is 1. The Morgan fingerprint density at radius 1 is 1.52 bits per heavy atom. The summed E-state index contributed by atoms with van der Waals surface area (Å²) in [6, 6.07) is 5.82. The van der Waals surface area contributed by atoms with Crippen LogP contribution in [0.1, 0.15) is 41.6 Å². The van der Waals surface area contributed by atoms with Crippen molar-refractivity contribution in [2.24, 2.45) is 0 Å². The van der Waals surface area contributed by atoms with E-state index in [9.17, 15) is 9.18 Å². The average molecular weight is 290 g/mol. The first kappa shape index (κ1) is 15.0. The average Bonchev–Trinajstić information content (AvgIpc) is 2.74. The summed E-state index contributed by atoms with van der Waals surface area (Å²) in [5, 5.41) is 7.04. The van der Waals surface area contributed by atoms with Crippen molar-refractivity contribution in [2.75, 3.05) is 5.73 Å². The summed E-state index contributed by atoms with van der Waals surface area (Å²) in [5.41, 5.74) is 7.96. The summed E-state index contributed by atoms with van der Waals surface area (Å²) in [6.07, 6.45) is 0. The molecule has 0 spiro atoms. The van der Waals surface area contributed by atoms with E-state index in [1.54, 1.807) is 30.7 Å². The molecule has 2 rings (SSSR count). The second-order valence-electron chi connectivity index (χ2n) is 4.91. The number of anilines is 1. The van der Waals surface area contributed by atoms with Crippen molar-refractivity contribution in [1.82, 2.24) is 15.1 Å². The number of carbonyl (C=O) groups excluding carboxylic acids is 1. The second kappa shape index (κ2) is 5.95. The molecule has 3 N–H and O–H groups in total. The Balaban J connectivity index is 2.22. The summed E-state index contributed by atoms with van der Waals surface area (Å²) in [7, 11) is 0. The molecule has 2 aromatic rings. The molecule has 1 aromatic carbocycles. The Labute approximate surface area is 123 Å². The smallest absolute Gasteiger partial charge is 0.272 e. The van der Waals surface area contributed by atoms with Gasteiger partial charge in [-0.1, -0.05) is 12.1 Å². The van der Waals surface area contributed by atoms with Crippen LogP contribution >= 0.6 is 0 Å². The van der Waals surface area contributed by atoms with Crippen LogP contribution in [0.15, 0.2) is 24.3 Å². The summed E-state index contributed by atoms with van der Waals surface area (Å²) in [4.78, 5) is 12.4. The minimum atomic E-state index is -0.331. The van der Waals surface area contributed by atoms with E-state index < -0.39 is 0 Å². The fraction of sp³-hybridized carbons (Fsp3) is 0.333. The first-order valence-electron chi connectivity index (χ1n) is 6.83. The van der Waals surface area contributed by atoms with Gasteiger partial charge in [0.25, 0.3) is 5.91 Å². The maximum atomic E-state index is 13.2. The van der Waals surface area contributed by atoms with E-state index in [1.165, 1.54) is 12.1 Å². The third kappa shape index (κ3) is 3.04. The highest BCUT2D eigenvalue weighted by Gasteiger charge is 2.21. The Kier molecular flexibility index (Phi) is 4.26. The number of rotatable bonds is 4. The molecule has 5 nitrogen and oxygen atoms in total. The van der Waals surface area contributed by atoms with Gasteiger partial charge in [-0.3, -0.25) is 9.48 Å². The molecule has 1 aromatic heterocycles. The third-order valence-electron chi connectivity index (χ3n) is 3.38. The summed E-state index contributed by atoms with van der Waals surface area (Å²) in [6.45, 7) is 5.99. The lowest BCUT2D eigenvalue weighted by molar-refractivity contribution is 0.0930. The lowest BCUT2D eigenvalue weighted by Gasteiger charge is -2.15. The number of aryl methyl sites for hydroxylation is 2. The van der Waals surface area contributed by atoms with E-state index in [2.05, 4.69) is 10.4 Å². The largest absolute Gasteiger partial charge is 0.395 e. The van der Waals surface area contributed by atoms with Gasteiger partial charge in [-0.05, 0) is 38.5 Å². The van der Waals surface area contributed by atoms with E-state index >= 15 is 0 Å². The first-order valence-corrected chi connectivity index (χ1v) is 6.83. The zero-order valence-corrected chi connectivity index (χ0v) is 12.4. The van der Waals surface area contributed by atoms with Gasteiger partial charge in [0.15, 0.2) is 0 Å². The fourth-order valence-corrected chi connectivity index (χ4v) is 2.19. The van der Waals surface area contributed by atoms with Crippen molar-refractivity contribution < 1.29 is 9.18 Å². The highest BCUT2D eigenvalue weighted by molar-refractivity contribution is 5.98. The van der Waals surface area contributed by atoms with Crippen molar-refractivity contribution in [3.63, 3.8) is 0 Å². The zero-order chi connectivity index (χ0) is 15.6. The summed E-state index contributed by atoms with van der Waals surface area (Å²) in [5.74, 6) is -0.644. The number of benzene rings is 1. The maximum Gasteiger partial charge on any atom is 0.272 e. The van der Waals surface area contributed by atoms with E-state index in [1.807, 2.05) is 6.92 Å². The Morgan fingerprint density at radius 3 is 2.86 bits per heavy atom. The number of nitrogens with one attached hydrogen (secondary N) is 1. The number of hydrogen-bond acceptors (Lipinski definition) is 3. The Bertz CT molecular complexity index is 666. The second-order valence-corrected chi connectivity index (χ2v) is 4.91. The molecular weight excluding hydrogens is 271 g/mol. The minimum Gasteiger partial charge on any atom is -0.395 e. The van der Waals surface area contributed by atoms with Crippen LogP contribution in [0.5, 0.6) is 0 Å². The highest BCUT2D eigenvalue weighted by atomic mass is 19.1. The van der Waals surface area contributed by atoms with Gasteiger partial charge in [0.1, 0.15) is 11.5 Å². The number of aromatic nitrogens is 2. The molecule has 0 fully saturated rings. The molecule has 6 heteroatoms. The highest BCUT2D eigenvalue weighted by Crippen LogP contribution is 2.19. The molecule has 1 amide bonds. The normalized spacial score (nSPS) is 12.2. The lowest BCUT2D eigenvalue weighted by Crippen LogP contribution is -2.29. The quantitative estimate of drug-likeness (QED) is 0.908. The van der Waals surface area contributed by atoms with Gasteiger partial charge in [-0.2, -0.15) is 5.10 Å². The molecule has 0 aliphatic carbocycles. The SMILES string of the molecule is CCn1nc(C)c(N)c1C(=O)NC(C)c1cccc(F)c1. The van der Waals surface area contributed by atoms with Crippen molar-refractivity contribution >= 4 is 11.6 Å². The van der Waals surface area contributed by atoms with Crippen molar-refractivity contribution in [3.8, 4) is 0 Å². The van der Waals surface area contributed by atoms with E-state index in [-0.39, 0.29) is 17.8 Å². The molecule has 0 saturated carbocycles. The molecule has 0 saturated heterocycles. The molecule has 21 heavy (non-hydrogen) atoms. The van der Waals surface area contributed by atoms with Crippen LogP contribution in [0, 0.1) is 12.7 Å². The summed E-state index contributed by atoms with van der Waals surface area (Å²) >= 11 is 0. The number of halogens is 1. The number of hydrogen-bond donors (Lipinski definition) is 2. The van der Waals surface area contributed by atoms with Crippen LogP contribution in [0.3, 0.4) is 0 Å². The zero-order valence-electron chi connectivity index (χ0n) is 12.4. The monoisotopic (exact) mass is 290 g/mol. The van der Waals surface area contributed by atoms with Crippen molar-refractivity contribution in [3.05, 3.63) is 47.0 Å². The molecule has 1 unspecified atom stereocenters. The molecule has 0 aliphatic heterocycles. The van der Waals surface area contributed by atoms with Crippen LogP contribution < -0.4 is 11.1 Å². The van der Waals surface area contributed by atoms with E-state index in [0.29, 0.717) is 29.2 Å². The lowest BCUT2D eigenvalue weighted by atomic mass is 10.1. The topological polar surface area (TPSA) is 72.9 Å². The molecule has 0 aliphatic rings. The van der Waals surface area contributed by atoms with Crippen LogP contribution in [0.4, 0.5) is 10.1 Å². The summed E-state index contributed by atoms with van der Waals surface area (Å²) < 4.78 is 14.8. The third-order valence-corrected chi connectivity index (χ3v) is 3.38. The fourth-order valence-electron chi connectivity index (χ4n) is 2.19. The Morgan fingerprint density at radius 2 is 2.24 bits per heavy atom. The van der Waals surface area contributed by atoms with Crippen LogP contribution in [0.25, 0.3) is 0 Å². The number of amides is 1. The van der Waals surface area contributed by atoms with Gasteiger partial charge in [0, 0.05) is 6.54 Å². The molecule has 1 atom stereocenters. The first-order chi connectivity index (χ1) is 9.93. The van der Waals surface area contributed by atoms with Crippen LogP contribution in [-0.4, -0.2) is 15.7 Å². The van der Waals surface area contributed by atoms with Crippen LogP contribution in [-0.2, 0) is 6.54 Å². The van der Waals surface area contributed by atoms with Gasteiger partial charge in [0.2, 0.25) is 0 Å². The van der Waals surface area contributed by atoms with Gasteiger partial charge >= 0.3 is 0 Å². The molecular formula is C15H19FN4O. The predicted octanol–water partition coefficient (Wildman–Crippen LogP) is 2.42. The van der Waals surface area contributed by atoms with Gasteiger partial charge in [-0.25, -0.2) is 4.39 Å². The predicted molar refractivity (Wildman–Crippen MR) is 79.3 cm³/mol. The molecule has 112 valence electrons. The molecule has 0 bridgehead atoms. The van der Waals surface area contributed by atoms with Crippen LogP contribution in [0.2, 0.25) is 0 Å². The minimum absolute atomic E-state index is 0.313. The van der Waals surface area contributed by atoms with Gasteiger partial charge < -0.3 is 11.1 Å². The number of nitrogen functional groups attached to an aromatic ring is 1. The number of nitrogens with two attached hydrogens (primary N) is 1. The molecule has 1 heterocycles. The van der Waals surface area contributed by atoms with E-state index in [0.717, 1.165) is 0 Å². The van der Waals surface area contributed by atoms with Crippen molar-refractivity contribution in [1.29, 1.82) is 0 Å². The number of nitrogens with zero attached hydrogens (tertiary/aromatic N) is 2. The standard InChI is InChI=1S/C15H19FN4O/c1-4-20-14(13(17)10(3)19-20)15(21)18-9(2)11-6-5-7-12(16)8-11/h5-9H,4,17H2,1-3H3,(H,18,21). The molecule has 0 radical (unpaired) electrons. The van der Waals surface area contributed by atoms with E-state index in [4.69, 9.17) is 5.73 Å². The van der Waals surface area contributed by atoms with Crippen molar-refractivity contribution in [2.45, 2.75) is 33.4 Å². The van der Waals surface area contributed by atoms with Gasteiger partial charge in [0.05, 0.1) is 17.4 Å². The van der Waals surface area contributed by atoms with Gasteiger partial charge in [-0.15, -0.1) is 0 Å². The maximum absolute atomic E-state index is 13.2. The Hall–Kier alpha value is -2.37.